The second-order valence-electron chi connectivity index (χ2n) is 9.03. The zero-order valence-electron chi connectivity index (χ0n) is 17.7. The average molecular weight is 363 g/mol. The summed E-state index contributed by atoms with van der Waals surface area (Å²) in [6, 6.07) is 3.16. The van der Waals surface area contributed by atoms with Crippen LogP contribution in [0.2, 0.25) is 6.32 Å². The van der Waals surface area contributed by atoms with Gasteiger partial charge in [0.1, 0.15) is 5.82 Å². The van der Waals surface area contributed by atoms with Crippen molar-refractivity contribution in [2.24, 2.45) is 5.92 Å². The summed E-state index contributed by atoms with van der Waals surface area (Å²) in [5, 5.41) is 0. The van der Waals surface area contributed by atoms with Crippen LogP contribution in [0, 0.1) is 11.7 Å². The quantitative estimate of drug-likeness (QED) is 0.517. The number of halogens is 1. The lowest BCUT2D eigenvalue weighted by molar-refractivity contribution is 0.00578. The highest BCUT2D eigenvalue weighted by Gasteiger charge is 2.51. The monoisotopic (exact) mass is 363 g/mol. The fraction of sp³-hybridized carbons (Fsp3) is 0.714. The number of anilines is 1. The predicted molar refractivity (Wildman–Crippen MR) is 108 cm³/mol. The molecule has 1 fully saturated rings. The molecular weight excluding hydrogens is 328 g/mol. The van der Waals surface area contributed by atoms with Gasteiger partial charge in [0.15, 0.2) is 0 Å². The van der Waals surface area contributed by atoms with Crippen LogP contribution in [0.15, 0.2) is 12.1 Å². The average Bonchev–Trinajstić information content (AvgIpc) is 2.73. The third kappa shape index (κ3) is 4.09. The Morgan fingerprint density at radius 2 is 1.54 bits per heavy atom. The first-order valence-corrected chi connectivity index (χ1v) is 9.84. The van der Waals surface area contributed by atoms with Crippen molar-refractivity contribution < 1.29 is 13.7 Å². The third-order valence-corrected chi connectivity index (χ3v) is 6.35. The molecule has 0 amide bonds. The molecule has 0 bridgehead atoms. The molecule has 1 aromatic rings. The van der Waals surface area contributed by atoms with Gasteiger partial charge >= 0.3 is 7.12 Å². The second-order valence-corrected chi connectivity index (χ2v) is 9.03. The SMILES string of the molecule is CCC(CB1OC(C)(C)C(C)(C)O1)C(C)c1cc(F)cc(C(C)C)c1N. The van der Waals surface area contributed by atoms with Crippen LogP contribution >= 0.6 is 0 Å². The Morgan fingerprint density at radius 3 is 2.00 bits per heavy atom. The summed E-state index contributed by atoms with van der Waals surface area (Å²) in [7, 11) is -0.244. The van der Waals surface area contributed by atoms with E-state index in [0.717, 1.165) is 29.6 Å². The van der Waals surface area contributed by atoms with Gasteiger partial charge in [-0.1, -0.05) is 34.1 Å². The molecule has 0 spiro atoms. The number of nitrogen functional groups attached to an aromatic ring is 1. The Kier molecular flexibility index (Phi) is 6.14. The first kappa shape index (κ1) is 21.2. The van der Waals surface area contributed by atoms with Crippen LogP contribution in [0.1, 0.15) is 84.8 Å². The lowest BCUT2D eigenvalue weighted by Crippen LogP contribution is -2.41. The summed E-state index contributed by atoms with van der Waals surface area (Å²) < 4.78 is 26.5. The van der Waals surface area contributed by atoms with Gasteiger partial charge in [0.05, 0.1) is 11.2 Å². The van der Waals surface area contributed by atoms with Gasteiger partial charge in [-0.25, -0.2) is 4.39 Å². The zero-order chi connectivity index (χ0) is 19.9. The lowest BCUT2D eigenvalue weighted by atomic mass is 9.70. The highest BCUT2D eigenvalue weighted by molar-refractivity contribution is 6.45. The number of hydrogen-bond acceptors (Lipinski definition) is 3. The smallest absolute Gasteiger partial charge is 0.403 e. The Bertz CT molecular complexity index is 629. The molecule has 0 aromatic heterocycles. The molecule has 2 atom stereocenters. The van der Waals surface area contributed by atoms with Crippen molar-refractivity contribution in [3.63, 3.8) is 0 Å². The van der Waals surface area contributed by atoms with Gasteiger partial charge in [0.2, 0.25) is 0 Å². The molecule has 2 N–H and O–H groups in total. The highest BCUT2D eigenvalue weighted by Crippen LogP contribution is 2.42. The molecular formula is C21H35BFNO2. The van der Waals surface area contributed by atoms with Crippen molar-refractivity contribution in [1.29, 1.82) is 0 Å². The second kappa shape index (κ2) is 7.51. The number of hydrogen-bond donors (Lipinski definition) is 1. The van der Waals surface area contributed by atoms with Crippen molar-refractivity contribution >= 4 is 12.8 Å². The minimum atomic E-state index is -0.331. The van der Waals surface area contributed by atoms with E-state index in [1.54, 1.807) is 12.1 Å². The Balaban J connectivity index is 2.24. The van der Waals surface area contributed by atoms with Crippen molar-refractivity contribution in [3.8, 4) is 0 Å². The van der Waals surface area contributed by atoms with E-state index in [9.17, 15) is 4.39 Å². The number of nitrogens with two attached hydrogens (primary N) is 1. The lowest BCUT2D eigenvalue weighted by Gasteiger charge is -2.32. The third-order valence-electron chi connectivity index (χ3n) is 6.35. The van der Waals surface area contributed by atoms with Gasteiger partial charge in [0, 0.05) is 5.69 Å². The Hall–Kier alpha value is -1.07. The fourth-order valence-electron chi connectivity index (χ4n) is 3.80. The summed E-state index contributed by atoms with van der Waals surface area (Å²) in [6.45, 7) is 16.6. The van der Waals surface area contributed by atoms with Crippen LogP contribution in [0.25, 0.3) is 0 Å². The normalized spacial score (nSPS) is 21.2. The molecule has 1 aromatic carbocycles. The predicted octanol–water partition coefficient (Wildman–Crippen LogP) is 5.75. The molecule has 2 rings (SSSR count). The number of benzene rings is 1. The standard InChI is InChI=1S/C21H35BFNO2/c1-9-15(12-22-25-20(5,6)21(7,8)26-22)14(4)18-11-16(23)10-17(13(2)3)19(18)24/h10-11,13-15H,9,12,24H2,1-8H3. The van der Waals surface area contributed by atoms with E-state index >= 15 is 0 Å². The largest absolute Gasteiger partial charge is 0.458 e. The first-order chi connectivity index (χ1) is 11.9. The fourth-order valence-corrected chi connectivity index (χ4v) is 3.80. The maximum absolute atomic E-state index is 14.2. The summed E-state index contributed by atoms with van der Waals surface area (Å²) in [5.74, 6) is 0.413. The van der Waals surface area contributed by atoms with Crippen molar-refractivity contribution in [3.05, 3.63) is 29.1 Å². The molecule has 2 unspecified atom stereocenters. The highest BCUT2D eigenvalue weighted by atomic mass is 19.1. The molecule has 0 saturated carbocycles. The minimum Gasteiger partial charge on any atom is -0.403 e. The molecule has 1 aliphatic heterocycles. The van der Waals surface area contributed by atoms with Crippen LogP contribution in [-0.2, 0) is 9.31 Å². The zero-order valence-corrected chi connectivity index (χ0v) is 17.7. The summed E-state index contributed by atoms with van der Waals surface area (Å²) in [5.41, 5.74) is 8.26. The molecule has 5 heteroatoms. The van der Waals surface area contributed by atoms with Crippen molar-refractivity contribution in [2.45, 2.75) is 91.2 Å². The van der Waals surface area contributed by atoms with E-state index in [0.29, 0.717) is 5.92 Å². The first-order valence-electron chi connectivity index (χ1n) is 9.84. The van der Waals surface area contributed by atoms with E-state index in [1.807, 2.05) is 13.8 Å². The number of rotatable bonds is 6. The van der Waals surface area contributed by atoms with Gasteiger partial charge in [0.25, 0.3) is 0 Å². The molecule has 0 radical (unpaired) electrons. The van der Waals surface area contributed by atoms with Crippen molar-refractivity contribution in [2.75, 3.05) is 5.73 Å². The van der Waals surface area contributed by atoms with Crippen LogP contribution in [0.4, 0.5) is 10.1 Å². The van der Waals surface area contributed by atoms with Crippen LogP contribution in [-0.4, -0.2) is 18.3 Å². The Morgan fingerprint density at radius 1 is 1.04 bits per heavy atom. The summed E-state index contributed by atoms with van der Waals surface area (Å²) in [4.78, 5) is 0. The molecule has 1 aliphatic rings. The molecule has 3 nitrogen and oxygen atoms in total. The van der Waals surface area contributed by atoms with E-state index in [4.69, 9.17) is 15.0 Å². The van der Waals surface area contributed by atoms with Crippen LogP contribution < -0.4 is 5.73 Å². The maximum atomic E-state index is 14.2. The molecule has 146 valence electrons. The van der Waals surface area contributed by atoms with Crippen LogP contribution in [0.3, 0.4) is 0 Å². The van der Waals surface area contributed by atoms with Gasteiger partial charge in [-0.15, -0.1) is 0 Å². The van der Waals surface area contributed by atoms with Crippen LogP contribution in [0.5, 0.6) is 0 Å². The van der Waals surface area contributed by atoms with E-state index < -0.39 is 0 Å². The van der Waals surface area contributed by atoms with E-state index in [2.05, 4.69) is 41.5 Å². The minimum absolute atomic E-state index is 0.132. The molecule has 0 aliphatic carbocycles. The maximum Gasteiger partial charge on any atom is 0.458 e. The molecule has 1 heterocycles. The molecule has 1 saturated heterocycles. The van der Waals surface area contributed by atoms with E-state index in [1.165, 1.54) is 0 Å². The molecule has 26 heavy (non-hydrogen) atoms. The topological polar surface area (TPSA) is 44.5 Å². The van der Waals surface area contributed by atoms with Gasteiger partial charge < -0.3 is 15.0 Å². The summed E-state index contributed by atoms with van der Waals surface area (Å²) >= 11 is 0. The van der Waals surface area contributed by atoms with E-state index in [-0.39, 0.29) is 36.0 Å². The Labute approximate surface area is 159 Å². The van der Waals surface area contributed by atoms with Crippen molar-refractivity contribution in [1.82, 2.24) is 0 Å². The van der Waals surface area contributed by atoms with Gasteiger partial charge in [-0.3, -0.25) is 0 Å². The summed E-state index contributed by atoms with van der Waals surface area (Å²) in [6.07, 6.45) is 1.73. The van der Waals surface area contributed by atoms with Gasteiger partial charge in [-0.2, -0.15) is 0 Å². The van der Waals surface area contributed by atoms with Gasteiger partial charge in [-0.05, 0) is 75.0 Å².